The summed E-state index contributed by atoms with van der Waals surface area (Å²) in [5.41, 5.74) is 2.02. The van der Waals surface area contributed by atoms with Gasteiger partial charge in [-0.25, -0.2) is 9.59 Å². The van der Waals surface area contributed by atoms with Crippen molar-refractivity contribution in [3.63, 3.8) is 0 Å². The third-order valence-corrected chi connectivity index (χ3v) is 2.93. The van der Waals surface area contributed by atoms with E-state index in [1.807, 2.05) is 6.07 Å². The molecule has 0 bridgehead atoms. The molecule has 0 aliphatic carbocycles. The second kappa shape index (κ2) is 4.45. The summed E-state index contributed by atoms with van der Waals surface area (Å²) < 4.78 is 4.65. The number of aromatic carboxylic acids is 1. The number of ether oxygens (including phenoxy) is 1. The first-order valence-corrected chi connectivity index (χ1v) is 5.30. The second-order valence-corrected chi connectivity index (χ2v) is 3.89. The smallest absolute Gasteiger partial charge is 0.409 e. The van der Waals surface area contributed by atoms with Gasteiger partial charge in [-0.1, -0.05) is 12.1 Å². The van der Waals surface area contributed by atoms with Crippen LogP contribution in [0.3, 0.4) is 0 Å². The lowest BCUT2D eigenvalue weighted by molar-refractivity contribution is 0.0695. The minimum absolute atomic E-state index is 0.326. The van der Waals surface area contributed by atoms with Gasteiger partial charge in [-0.2, -0.15) is 0 Å². The Labute approximate surface area is 98.6 Å². The van der Waals surface area contributed by atoms with E-state index in [2.05, 4.69) is 4.74 Å². The molecule has 90 valence electrons. The Morgan fingerprint density at radius 1 is 1.41 bits per heavy atom. The van der Waals surface area contributed by atoms with E-state index in [-0.39, 0.29) is 6.09 Å². The summed E-state index contributed by atoms with van der Waals surface area (Å²) in [4.78, 5) is 24.0. The lowest BCUT2D eigenvalue weighted by Gasteiger charge is -2.28. The number of carboxylic acids is 1. The summed E-state index contributed by atoms with van der Waals surface area (Å²) in [5, 5.41) is 9.06. The SMILES string of the molecule is COC(=O)N1CCc2c(cccc2C(=O)O)C1. The van der Waals surface area contributed by atoms with Crippen LogP contribution in [0, 0.1) is 0 Å². The van der Waals surface area contributed by atoms with Crippen molar-refractivity contribution in [2.45, 2.75) is 13.0 Å². The van der Waals surface area contributed by atoms with E-state index in [4.69, 9.17) is 5.11 Å². The molecule has 0 unspecified atom stereocenters. The van der Waals surface area contributed by atoms with Gasteiger partial charge >= 0.3 is 12.1 Å². The quantitative estimate of drug-likeness (QED) is 0.801. The molecule has 0 aromatic heterocycles. The van der Waals surface area contributed by atoms with Crippen LogP contribution in [0.5, 0.6) is 0 Å². The number of hydrogen-bond donors (Lipinski definition) is 1. The minimum Gasteiger partial charge on any atom is -0.478 e. The van der Waals surface area contributed by atoms with E-state index in [1.165, 1.54) is 7.11 Å². The van der Waals surface area contributed by atoms with Gasteiger partial charge in [0, 0.05) is 13.1 Å². The largest absolute Gasteiger partial charge is 0.478 e. The molecule has 0 saturated carbocycles. The monoisotopic (exact) mass is 235 g/mol. The zero-order chi connectivity index (χ0) is 12.4. The third-order valence-electron chi connectivity index (χ3n) is 2.93. The number of methoxy groups -OCH3 is 1. The van der Waals surface area contributed by atoms with Crippen molar-refractivity contribution >= 4 is 12.1 Å². The summed E-state index contributed by atoms with van der Waals surface area (Å²) >= 11 is 0. The molecule has 0 spiro atoms. The molecule has 0 saturated heterocycles. The molecule has 1 heterocycles. The highest BCUT2D eigenvalue weighted by Gasteiger charge is 2.24. The van der Waals surface area contributed by atoms with Gasteiger partial charge in [0.15, 0.2) is 0 Å². The van der Waals surface area contributed by atoms with E-state index in [9.17, 15) is 9.59 Å². The Bertz CT molecular complexity index is 470. The normalized spacial score (nSPS) is 14.1. The molecule has 2 rings (SSSR count). The van der Waals surface area contributed by atoms with Gasteiger partial charge in [-0.15, -0.1) is 0 Å². The molecular weight excluding hydrogens is 222 g/mol. The van der Waals surface area contributed by atoms with Crippen LogP contribution in [-0.2, 0) is 17.7 Å². The van der Waals surface area contributed by atoms with Gasteiger partial charge in [0.2, 0.25) is 0 Å². The topological polar surface area (TPSA) is 66.8 Å². The predicted octanol–water partition coefficient (Wildman–Crippen LogP) is 1.51. The number of amides is 1. The Morgan fingerprint density at radius 2 is 2.18 bits per heavy atom. The Hall–Kier alpha value is -2.04. The Kier molecular flexibility index (Phi) is 2.99. The first kappa shape index (κ1) is 11.4. The van der Waals surface area contributed by atoms with Gasteiger partial charge in [-0.05, 0) is 23.6 Å². The van der Waals surface area contributed by atoms with Crippen LogP contribution in [-0.4, -0.2) is 35.7 Å². The van der Waals surface area contributed by atoms with Crippen LogP contribution in [0.1, 0.15) is 21.5 Å². The van der Waals surface area contributed by atoms with E-state index in [1.54, 1.807) is 17.0 Å². The number of carbonyl (C=O) groups excluding carboxylic acids is 1. The molecule has 1 aromatic carbocycles. The van der Waals surface area contributed by atoms with Gasteiger partial charge in [0.25, 0.3) is 0 Å². The van der Waals surface area contributed by atoms with Crippen LogP contribution in [0.15, 0.2) is 18.2 Å². The number of fused-ring (bicyclic) bond motifs is 1. The van der Waals surface area contributed by atoms with Crippen LogP contribution < -0.4 is 0 Å². The molecule has 5 heteroatoms. The summed E-state index contributed by atoms with van der Waals surface area (Å²) in [6, 6.07) is 5.13. The van der Waals surface area contributed by atoms with Gasteiger partial charge in [0.1, 0.15) is 0 Å². The van der Waals surface area contributed by atoms with Crippen LogP contribution in [0.2, 0.25) is 0 Å². The molecule has 0 atom stereocenters. The molecule has 0 fully saturated rings. The summed E-state index contributed by atoms with van der Waals surface area (Å²) in [5.74, 6) is -0.923. The number of hydrogen-bond acceptors (Lipinski definition) is 3. The van der Waals surface area contributed by atoms with Crippen molar-refractivity contribution in [1.29, 1.82) is 0 Å². The Balaban J connectivity index is 2.31. The number of nitrogens with zero attached hydrogens (tertiary/aromatic N) is 1. The third kappa shape index (κ3) is 2.08. The van der Waals surface area contributed by atoms with Crippen LogP contribution in [0.25, 0.3) is 0 Å². The number of rotatable bonds is 1. The van der Waals surface area contributed by atoms with Gasteiger partial charge < -0.3 is 14.7 Å². The highest BCUT2D eigenvalue weighted by molar-refractivity contribution is 5.90. The lowest BCUT2D eigenvalue weighted by atomic mass is 9.95. The first-order chi connectivity index (χ1) is 8.13. The van der Waals surface area contributed by atoms with E-state index < -0.39 is 5.97 Å². The maximum Gasteiger partial charge on any atom is 0.409 e. The highest BCUT2D eigenvalue weighted by Crippen LogP contribution is 2.22. The fourth-order valence-electron chi connectivity index (χ4n) is 2.09. The maximum atomic E-state index is 11.4. The van der Waals surface area contributed by atoms with Crippen LogP contribution in [0.4, 0.5) is 4.79 Å². The van der Waals surface area contributed by atoms with Crippen molar-refractivity contribution in [3.05, 3.63) is 34.9 Å². The number of carboxylic acid groups (broad SMARTS) is 1. The summed E-state index contributed by atoms with van der Waals surface area (Å²) in [7, 11) is 1.34. The fourth-order valence-corrected chi connectivity index (χ4v) is 2.09. The summed E-state index contributed by atoms with van der Waals surface area (Å²) in [6.45, 7) is 0.896. The fraction of sp³-hybridized carbons (Fsp3) is 0.333. The average Bonchev–Trinajstić information content (AvgIpc) is 2.36. The van der Waals surface area contributed by atoms with Crippen molar-refractivity contribution in [2.24, 2.45) is 0 Å². The average molecular weight is 235 g/mol. The second-order valence-electron chi connectivity index (χ2n) is 3.89. The van der Waals surface area contributed by atoms with E-state index in [0.717, 1.165) is 11.1 Å². The predicted molar refractivity (Wildman–Crippen MR) is 59.9 cm³/mol. The standard InChI is InChI=1S/C12H13NO4/c1-17-12(16)13-6-5-9-8(7-13)3-2-4-10(9)11(14)15/h2-4H,5-7H2,1H3,(H,14,15). The minimum atomic E-state index is -0.923. The zero-order valence-electron chi connectivity index (χ0n) is 9.47. The van der Waals surface area contributed by atoms with E-state index >= 15 is 0 Å². The maximum absolute atomic E-state index is 11.4. The molecule has 1 N–H and O–H groups in total. The number of benzene rings is 1. The van der Waals surface area contributed by atoms with Gasteiger partial charge in [0.05, 0.1) is 12.7 Å². The van der Waals surface area contributed by atoms with Crippen molar-refractivity contribution in [1.82, 2.24) is 4.90 Å². The highest BCUT2D eigenvalue weighted by atomic mass is 16.5. The molecule has 1 amide bonds. The van der Waals surface area contributed by atoms with Gasteiger partial charge in [-0.3, -0.25) is 0 Å². The molecule has 17 heavy (non-hydrogen) atoms. The van der Waals surface area contributed by atoms with Crippen molar-refractivity contribution < 1.29 is 19.4 Å². The first-order valence-electron chi connectivity index (χ1n) is 5.30. The lowest BCUT2D eigenvalue weighted by Crippen LogP contribution is -2.36. The molecule has 0 radical (unpaired) electrons. The van der Waals surface area contributed by atoms with E-state index in [0.29, 0.717) is 25.1 Å². The molecule has 5 nitrogen and oxygen atoms in total. The summed E-state index contributed by atoms with van der Waals surface area (Å²) in [6.07, 6.45) is 0.170. The van der Waals surface area contributed by atoms with Crippen LogP contribution >= 0.6 is 0 Å². The molecule has 1 aromatic rings. The molecular formula is C12H13NO4. The van der Waals surface area contributed by atoms with Crippen molar-refractivity contribution in [3.8, 4) is 0 Å². The molecule has 1 aliphatic heterocycles. The zero-order valence-corrected chi connectivity index (χ0v) is 9.47. The Morgan fingerprint density at radius 3 is 2.82 bits per heavy atom. The number of carbonyl (C=O) groups is 2. The molecule has 1 aliphatic rings. The van der Waals surface area contributed by atoms with Crippen molar-refractivity contribution in [2.75, 3.05) is 13.7 Å².